The van der Waals surface area contributed by atoms with E-state index >= 15 is 0 Å². The summed E-state index contributed by atoms with van der Waals surface area (Å²) in [4.78, 5) is 13.9. The number of piperidine rings is 3. The maximum absolute atomic E-state index is 12.2. The lowest BCUT2D eigenvalue weighted by molar-refractivity contribution is -0.139. The van der Waals surface area contributed by atoms with E-state index in [1.807, 2.05) is 42.5 Å². The summed E-state index contributed by atoms with van der Waals surface area (Å²) in [5.74, 6) is 0.801. The first-order chi connectivity index (χ1) is 19.7. The zero-order chi connectivity index (χ0) is 29.1. The standard InChI is InChI=1S/C31H37N3O6S/c1-33(41(3,37)38)25-14-15-26(39-2)24(18-25)20-32-29-23-16-17-34(27(19-23)40-31(35)36)30(29)28(21-10-6-4-7-11-21)22-12-8-5-9-13-22/h4-15,18,23,27-30,32H,16-17,19-20H2,1-3H3,(H,35,36)/t23-,27?,29-,30-/m0/s1. The molecule has 6 rings (SSSR count). The second-order valence-corrected chi connectivity index (χ2v) is 12.8. The van der Waals surface area contributed by atoms with Gasteiger partial charge in [0.1, 0.15) is 5.75 Å². The van der Waals surface area contributed by atoms with Crippen molar-refractivity contribution in [3.05, 3.63) is 95.6 Å². The number of hydrogen-bond acceptors (Lipinski definition) is 7. The largest absolute Gasteiger partial charge is 0.507 e. The van der Waals surface area contributed by atoms with Crippen LogP contribution in [-0.4, -0.2) is 69.8 Å². The van der Waals surface area contributed by atoms with Gasteiger partial charge in [0.25, 0.3) is 0 Å². The fourth-order valence-electron chi connectivity index (χ4n) is 6.47. The van der Waals surface area contributed by atoms with Crippen molar-refractivity contribution in [1.82, 2.24) is 10.2 Å². The van der Waals surface area contributed by atoms with Crippen LogP contribution < -0.4 is 14.4 Å². The Hall–Kier alpha value is -3.60. The molecule has 0 radical (unpaired) electrons. The topological polar surface area (TPSA) is 108 Å². The lowest BCUT2D eigenvalue weighted by atomic mass is 9.70. The molecular weight excluding hydrogens is 542 g/mol. The molecule has 3 heterocycles. The molecule has 3 saturated heterocycles. The summed E-state index contributed by atoms with van der Waals surface area (Å²) in [6, 6.07) is 25.9. The average Bonchev–Trinajstić information content (AvgIpc) is 2.97. The van der Waals surface area contributed by atoms with Gasteiger partial charge in [-0.15, -0.1) is 0 Å². The minimum absolute atomic E-state index is 0.00352. The van der Waals surface area contributed by atoms with Crippen molar-refractivity contribution in [2.24, 2.45) is 5.92 Å². The number of nitrogens with one attached hydrogen (secondary N) is 1. The third kappa shape index (κ3) is 6.19. The third-order valence-electron chi connectivity index (χ3n) is 8.44. The summed E-state index contributed by atoms with van der Waals surface area (Å²) in [5, 5.41) is 13.3. The van der Waals surface area contributed by atoms with Gasteiger partial charge >= 0.3 is 6.16 Å². The average molecular weight is 580 g/mol. The van der Waals surface area contributed by atoms with Gasteiger partial charge in [-0.1, -0.05) is 60.7 Å². The highest BCUT2D eigenvalue weighted by Gasteiger charge is 2.51. The number of sulfonamides is 1. The Balaban J connectivity index is 1.53. The van der Waals surface area contributed by atoms with Crippen LogP contribution in [0.3, 0.4) is 0 Å². The maximum Gasteiger partial charge on any atom is 0.507 e. The van der Waals surface area contributed by atoms with E-state index in [1.165, 1.54) is 17.6 Å². The smallest absolute Gasteiger partial charge is 0.496 e. The zero-order valence-corrected chi connectivity index (χ0v) is 24.3. The van der Waals surface area contributed by atoms with Crippen LogP contribution in [0.4, 0.5) is 10.5 Å². The molecule has 0 aromatic heterocycles. The van der Waals surface area contributed by atoms with Crippen molar-refractivity contribution in [2.75, 3.05) is 31.3 Å². The highest BCUT2D eigenvalue weighted by Crippen LogP contribution is 2.45. The van der Waals surface area contributed by atoms with Crippen molar-refractivity contribution < 1.29 is 27.8 Å². The second kappa shape index (κ2) is 12.1. The molecule has 0 amide bonds. The van der Waals surface area contributed by atoms with Crippen LogP contribution in [0.2, 0.25) is 0 Å². The van der Waals surface area contributed by atoms with E-state index in [1.54, 1.807) is 19.2 Å². The van der Waals surface area contributed by atoms with Gasteiger partial charge in [0.05, 0.1) is 19.1 Å². The predicted octanol–water partition coefficient (Wildman–Crippen LogP) is 4.50. The van der Waals surface area contributed by atoms with E-state index in [4.69, 9.17) is 9.47 Å². The number of carboxylic acid groups (broad SMARTS) is 1. The predicted molar refractivity (Wildman–Crippen MR) is 158 cm³/mol. The number of hydrogen-bond donors (Lipinski definition) is 2. The molecule has 9 nitrogen and oxygen atoms in total. The summed E-state index contributed by atoms with van der Waals surface area (Å²) in [6.07, 6.45) is 0.905. The highest BCUT2D eigenvalue weighted by molar-refractivity contribution is 7.92. The molecule has 0 spiro atoms. The van der Waals surface area contributed by atoms with Gasteiger partial charge in [-0.2, -0.15) is 0 Å². The van der Waals surface area contributed by atoms with Crippen LogP contribution in [0, 0.1) is 5.92 Å². The fourth-order valence-corrected chi connectivity index (χ4v) is 6.96. The molecule has 2 bridgehead atoms. The van der Waals surface area contributed by atoms with Gasteiger partial charge in [-0.05, 0) is 41.7 Å². The quantitative estimate of drug-likeness (QED) is 0.338. The van der Waals surface area contributed by atoms with E-state index < -0.39 is 22.4 Å². The highest BCUT2D eigenvalue weighted by atomic mass is 32.2. The Kier molecular flexibility index (Phi) is 8.53. The summed E-state index contributed by atoms with van der Waals surface area (Å²) < 4.78 is 36.7. The van der Waals surface area contributed by atoms with Crippen molar-refractivity contribution in [1.29, 1.82) is 0 Å². The number of methoxy groups -OCH3 is 1. The normalized spacial score (nSPS) is 23.8. The molecule has 2 N–H and O–H groups in total. The Labute approximate surface area is 241 Å². The zero-order valence-electron chi connectivity index (χ0n) is 23.5. The van der Waals surface area contributed by atoms with E-state index in [0.717, 1.165) is 29.7 Å². The number of fused-ring (bicyclic) bond motifs is 3. The van der Waals surface area contributed by atoms with Crippen molar-refractivity contribution in [3.8, 4) is 5.75 Å². The van der Waals surface area contributed by atoms with E-state index in [-0.39, 0.29) is 23.9 Å². The van der Waals surface area contributed by atoms with Crippen molar-refractivity contribution >= 4 is 21.9 Å². The first-order valence-electron chi connectivity index (χ1n) is 13.8. The summed E-state index contributed by atoms with van der Waals surface area (Å²) in [7, 11) is -0.294. The van der Waals surface area contributed by atoms with Gasteiger partial charge in [0.2, 0.25) is 10.0 Å². The number of anilines is 1. The summed E-state index contributed by atoms with van der Waals surface area (Å²) in [6.45, 7) is 1.18. The van der Waals surface area contributed by atoms with Crippen molar-refractivity contribution in [2.45, 2.75) is 43.6 Å². The van der Waals surface area contributed by atoms with Crippen LogP contribution in [0.15, 0.2) is 78.9 Å². The van der Waals surface area contributed by atoms with E-state index in [0.29, 0.717) is 24.4 Å². The molecule has 2 unspecified atom stereocenters. The monoisotopic (exact) mass is 579 g/mol. The van der Waals surface area contributed by atoms with Gasteiger partial charge in [0, 0.05) is 50.1 Å². The van der Waals surface area contributed by atoms with E-state index in [9.17, 15) is 18.3 Å². The number of rotatable bonds is 10. The molecule has 10 heteroatoms. The minimum Gasteiger partial charge on any atom is -0.496 e. The second-order valence-electron chi connectivity index (χ2n) is 10.8. The molecule has 5 atom stereocenters. The molecule has 3 fully saturated rings. The Bertz CT molecular complexity index is 1410. The molecule has 0 saturated carbocycles. The van der Waals surface area contributed by atoms with Gasteiger partial charge < -0.3 is 19.9 Å². The number of benzene rings is 3. The van der Waals surface area contributed by atoms with Crippen LogP contribution in [-0.2, 0) is 21.3 Å². The summed E-state index contributed by atoms with van der Waals surface area (Å²) >= 11 is 0. The van der Waals surface area contributed by atoms with Crippen molar-refractivity contribution in [3.63, 3.8) is 0 Å². The Morgan fingerprint density at radius 3 is 2.27 bits per heavy atom. The molecule has 41 heavy (non-hydrogen) atoms. The summed E-state index contributed by atoms with van der Waals surface area (Å²) in [5.41, 5.74) is 3.68. The number of carbonyl (C=O) groups is 1. The molecular formula is C31H37N3O6S. The Morgan fingerprint density at radius 2 is 1.71 bits per heavy atom. The van der Waals surface area contributed by atoms with Gasteiger partial charge in [-0.3, -0.25) is 9.21 Å². The molecule has 3 aromatic carbocycles. The maximum atomic E-state index is 12.2. The lowest BCUT2D eigenvalue weighted by Gasteiger charge is -2.56. The molecule has 218 valence electrons. The third-order valence-corrected chi connectivity index (χ3v) is 9.65. The molecule has 0 aliphatic carbocycles. The molecule has 3 aromatic rings. The van der Waals surface area contributed by atoms with Crippen LogP contribution in [0.25, 0.3) is 0 Å². The minimum atomic E-state index is -3.43. The van der Waals surface area contributed by atoms with Crippen LogP contribution >= 0.6 is 0 Å². The molecule has 3 aliphatic heterocycles. The SMILES string of the molecule is COc1ccc(N(C)S(C)(=O)=O)cc1CN[C@H]1[C@H]2CCN(C(OC(=O)O)C2)[C@H]1C(c1ccccc1)c1ccccc1. The van der Waals surface area contributed by atoms with Gasteiger partial charge in [-0.25, -0.2) is 13.2 Å². The molecule has 3 aliphatic rings. The van der Waals surface area contributed by atoms with Crippen LogP contribution in [0.1, 0.15) is 35.4 Å². The first kappa shape index (κ1) is 28.9. The van der Waals surface area contributed by atoms with Gasteiger partial charge in [0.15, 0.2) is 6.23 Å². The number of nitrogens with zero attached hydrogens (tertiary/aromatic N) is 2. The number of ether oxygens (including phenoxy) is 2. The van der Waals surface area contributed by atoms with E-state index in [2.05, 4.69) is 34.5 Å². The first-order valence-corrected chi connectivity index (χ1v) is 15.6. The lowest BCUT2D eigenvalue weighted by Crippen LogP contribution is -2.68. The van der Waals surface area contributed by atoms with Crippen LogP contribution in [0.5, 0.6) is 5.75 Å². The fraction of sp³-hybridized carbons (Fsp3) is 0.387. The Morgan fingerprint density at radius 1 is 1.07 bits per heavy atom.